The van der Waals surface area contributed by atoms with Gasteiger partial charge in [0.2, 0.25) is 5.79 Å². The first-order valence-corrected chi connectivity index (χ1v) is 9.46. The first-order valence-electron chi connectivity index (χ1n) is 8.70. The van der Waals surface area contributed by atoms with Gasteiger partial charge in [-0.1, -0.05) is 30.1 Å². The van der Waals surface area contributed by atoms with Crippen LogP contribution >= 0.6 is 23.2 Å². The molecular formula is C18H19Cl2N3O4. The smallest absolute Gasteiger partial charge is 0.249 e. The Morgan fingerprint density at radius 2 is 2.22 bits per heavy atom. The molecule has 1 fully saturated rings. The standard InChI is InChI=1S/C18H19Cl2N3O4/c1-2-3-24-7-14-8-25-18(27-14,9-23-11-21-10-22-23)16-5-12-4-13(19)6-15(20)17(12)26-16/h4-6,10-11,14H,2-3,7-9H2,1H3/t14-,18-/m1/s1. The van der Waals surface area contributed by atoms with Crippen LogP contribution in [0.15, 0.2) is 35.3 Å². The lowest BCUT2D eigenvalue weighted by molar-refractivity contribution is -0.203. The average molecular weight is 412 g/mol. The van der Waals surface area contributed by atoms with Crippen molar-refractivity contribution in [2.45, 2.75) is 31.8 Å². The molecule has 0 radical (unpaired) electrons. The monoisotopic (exact) mass is 411 g/mol. The van der Waals surface area contributed by atoms with Crippen LogP contribution in [0.5, 0.6) is 0 Å². The van der Waals surface area contributed by atoms with Crippen LogP contribution in [0.4, 0.5) is 0 Å². The largest absolute Gasteiger partial charge is 0.454 e. The Hall–Kier alpha value is -1.64. The Labute approximate surface area is 166 Å². The van der Waals surface area contributed by atoms with Gasteiger partial charge in [-0.3, -0.25) is 0 Å². The molecule has 4 rings (SSSR count). The van der Waals surface area contributed by atoms with Crippen LogP contribution in [-0.2, 0) is 26.5 Å². The maximum Gasteiger partial charge on any atom is 0.249 e. The molecule has 7 nitrogen and oxygen atoms in total. The summed E-state index contributed by atoms with van der Waals surface area (Å²) in [6, 6.07) is 5.26. The van der Waals surface area contributed by atoms with Crippen molar-refractivity contribution < 1.29 is 18.6 Å². The van der Waals surface area contributed by atoms with Gasteiger partial charge in [-0.05, 0) is 24.6 Å². The molecule has 0 saturated carbocycles. The van der Waals surface area contributed by atoms with E-state index in [-0.39, 0.29) is 12.6 Å². The molecule has 1 aromatic carbocycles. The summed E-state index contributed by atoms with van der Waals surface area (Å²) < 4.78 is 25.6. The third-order valence-corrected chi connectivity index (χ3v) is 4.76. The minimum Gasteiger partial charge on any atom is -0.454 e. The van der Waals surface area contributed by atoms with Crippen molar-refractivity contribution in [2.75, 3.05) is 19.8 Å². The Balaban J connectivity index is 1.67. The van der Waals surface area contributed by atoms with E-state index in [4.69, 9.17) is 41.8 Å². The highest BCUT2D eigenvalue weighted by Crippen LogP contribution is 2.40. The molecule has 0 aliphatic carbocycles. The van der Waals surface area contributed by atoms with Crippen LogP contribution < -0.4 is 0 Å². The lowest BCUT2D eigenvalue weighted by Gasteiger charge is -2.25. The summed E-state index contributed by atoms with van der Waals surface area (Å²) in [6.45, 7) is 3.84. The van der Waals surface area contributed by atoms with E-state index in [1.807, 2.05) is 6.07 Å². The topological polar surface area (TPSA) is 71.5 Å². The van der Waals surface area contributed by atoms with Crippen molar-refractivity contribution >= 4 is 34.2 Å². The number of ether oxygens (including phenoxy) is 3. The van der Waals surface area contributed by atoms with Gasteiger partial charge in [0, 0.05) is 17.0 Å². The molecule has 0 amide bonds. The average Bonchev–Trinajstić information content (AvgIpc) is 3.36. The second-order valence-electron chi connectivity index (χ2n) is 6.39. The molecule has 9 heteroatoms. The van der Waals surface area contributed by atoms with E-state index < -0.39 is 5.79 Å². The first-order chi connectivity index (χ1) is 13.1. The number of benzene rings is 1. The highest BCUT2D eigenvalue weighted by molar-refractivity contribution is 6.38. The highest BCUT2D eigenvalue weighted by Gasteiger charge is 2.47. The third kappa shape index (κ3) is 3.83. The summed E-state index contributed by atoms with van der Waals surface area (Å²) in [6.07, 6.45) is 3.79. The highest BCUT2D eigenvalue weighted by atomic mass is 35.5. The Morgan fingerprint density at radius 3 is 3.00 bits per heavy atom. The number of rotatable bonds is 7. The molecule has 0 bridgehead atoms. The number of hydrogen-bond acceptors (Lipinski definition) is 6. The van der Waals surface area contributed by atoms with Crippen molar-refractivity contribution in [3.63, 3.8) is 0 Å². The summed E-state index contributed by atoms with van der Waals surface area (Å²) in [5.41, 5.74) is 0.534. The first kappa shape index (κ1) is 18.7. The van der Waals surface area contributed by atoms with Gasteiger partial charge < -0.3 is 18.6 Å². The van der Waals surface area contributed by atoms with Crippen molar-refractivity contribution in [1.29, 1.82) is 0 Å². The quantitative estimate of drug-likeness (QED) is 0.546. The van der Waals surface area contributed by atoms with Gasteiger partial charge in [-0.25, -0.2) is 9.67 Å². The van der Waals surface area contributed by atoms with Crippen molar-refractivity contribution in [2.24, 2.45) is 0 Å². The molecule has 144 valence electrons. The molecule has 3 heterocycles. The molecular weight excluding hydrogens is 393 g/mol. The van der Waals surface area contributed by atoms with Crippen LogP contribution in [0, 0.1) is 0 Å². The van der Waals surface area contributed by atoms with E-state index in [1.165, 1.54) is 6.33 Å². The maximum absolute atomic E-state index is 6.28. The van der Waals surface area contributed by atoms with Gasteiger partial charge in [0.25, 0.3) is 0 Å². The molecule has 0 N–H and O–H groups in total. The minimum atomic E-state index is -1.15. The Kier molecular flexibility index (Phi) is 5.39. The fourth-order valence-corrected chi connectivity index (χ4v) is 3.64. The molecule has 1 aliphatic heterocycles. The van der Waals surface area contributed by atoms with E-state index in [9.17, 15) is 0 Å². The van der Waals surface area contributed by atoms with Gasteiger partial charge >= 0.3 is 0 Å². The van der Waals surface area contributed by atoms with Gasteiger partial charge in [-0.15, -0.1) is 0 Å². The van der Waals surface area contributed by atoms with Crippen LogP contribution in [0.3, 0.4) is 0 Å². The number of hydrogen-bond donors (Lipinski definition) is 0. The summed E-state index contributed by atoms with van der Waals surface area (Å²) in [5, 5.41) is 5.90. The third-order valence-electron chi connectivity index (χ3n) is 4.26. The lowest BCUT2D eigenvalue weighted by atomic mass is 10.2. The molecule has 1 aliphatic rings. The van der Waals surface area contributed by atoms with E-state index in [0.29, 0.717) is 41.2 Å². The SMILES string of the molecule is CCCOC[C@@H]1CO[C@@](Cn2cncn2)(c2cc3cc(Cl)cc(Cl)c3o2)O1. The van der Waals surface area contributed by atoms with Gasteiger partial charge in [0.05, 0.1) is 18.2 Å². The predicted molar refractivity (Wildman–Crippen MR) is 99.9 cm³/mol. The van der Waals surface area contributed by atoms with E-state index in [1.54, 1.807) is 23.1 Å². The zero-order valence-corrected chi connectivity index (χ0v) is 16.2. The molecule has 2 aromatic heterocycles. The van der Waals surface area contributed by atoms with Gasteiger partial charge in [0.1, 0.15) is 25.3 Å². The van der Waals surface area contributed by atoms with Crippen LogP contribution in [0.2, 0.25) is 10.0 Å². The van der Waals surface area contributed by atoms with Crippen LogP contribution in [0.1, 0.15) is 19.1 Å². The second-order valence-corrected chi connectivity index (χ2v) is 7.23. The molecule has 27 heavy (non-hydrogen) atoms. The van der Waals surface area contributed by atoms with Crippen LogP contribution in [-0.4, -0.2) is 40.7 Å². The lowest BCUT2D eigenvalue weighted by Crippen LogP contribution is -2.34. The van der Waals surface area contributed by atoms with E-state index >= 15 is 0 Å². The predicted octanol–water partition coefficient (Wildman–Crippen LogP) is 4.03. The Morgan fingerprint density at radius 1 is 1.33 bits per heavy atom. The number of nitrogens with zero attached hydrogens (tertiary/aromatic N) is 3. The Bertz CT molecular complexity index is 915. The van der Waals surface area contributed by atoms with Gasteiger partial charge in [0.15, 0.2) is 11.3 Å². The summed E-state index contributed by atoms with van der Waals surface area (Å²) >= 11 is 12.4. The minimum absolute atomic E-state index is 0.215. The molecule has 0 unspecified atom stereocenters. The number of furan rings is 1. The van der Waals surface area contributed by atoms with Gasteiger partial charge in [-0.2, -0.15) is 5.10 Å². The maximum atomic E-state index is 6.28. The molecule has 1 saturated heterocycles. The summed E-state index contributed by atoms with van der Waals surface area (Å²) in [4.78, 5) is 3.98. The number of aromatic nitrogens is 3. The number of fused-ring (bicyclic) bond motifs is 1. The zero-order valence-electron chi connectivity index (χ0n) is 14.7. The summed E-state index contributed by atoms with van der Waals surface area (Å²) in [5.74, 6) is -0.655. The fourth-order valence-electron chi connectivity index (χ4n) is 3.09. The fraction of sp³-hybridized carbons (Fsp3) is 0.444. The van der Waals surface area contributed by atoms with Crippen molar-refractivity contribution in [3.05, 3.63) is 46.7 Å². The zero-order chi connectivity index (χ0) is 18.9. The van der Waals surface area contributed by atoms with Crippen molar-refractivity contribution in [1.82, 2.24) is 14.8 Å². The summed E-state index contributed by atoms with van der Waals surface area (Å²) in [7, 11) is 0. The number of halogens is 2. The van der Waals surface area contributed by atoms with Crippen molar-refractivity contribution in [3.8, 4) is 0 Å². The normalized spacial score (nSPS) is 22.7. The van der Waals surface area contributed by atoms with E-state index in [2.05, 4.69) is 17.0 Å². The van der Waals surface area contributed by atoms with E-state index in [0.717, 1.165) is 11.8 Å². The molecule has 0 spiro atoms. The molecule has 2 atom stereocenters. The van der Waals surface area contributed by atoms with Crippen LogP contribution in [0.25, 0.3) is 11.0 Å². The second kappa shape index (κ2) is 7.77. The molecule has 3 aromatic rings.